The highest BCUT2D eigenvalue weighted by atomic mass is 16.2. The summed E-state index contributed by atoms with van der Waals surface area (Å²) in [6.07, 6.45) is 0. The van der Waals surface area contributed by atoms with E-state index < -0.39 is 0 Å². The molecule has 2 aliphatic rings. The zero-order valence-corrected chi connectivity index (χ0v) is 48.2. The largest absolute Gasteiger partial charge is 0.268 e. The van der Waals surface area contributed by atoms with Crippen LogP contribution in [0.4, 0.5) is 11.4 Å². The van der Waals surface area contributed by atoms with Gasteiger partial charge < -0.3 is 0 Å². The molecular formula is C81H49N5O4. The van der Waals surface area contributed by atoms with E-state index in [1.807, 2.05) is 200 Å². The second-order valence-electron chi connectivity index (χ2n) is 22.4. The van der Waals surface area contributed by atoms with Crippen LogP contribution in [0.25, 0.3) is 121 Å². The summed E-state index contributed by atoms with van der Waals surface area (Å²) in [7, 11) is 0. The molecule has 0 saturated heterocycles. The first-order valence-corrected chi connectivity index (χ1v) is 29.7. The number of rotatable bonds is 8. The molecule has 0 atom stereocenters. The van der Waals surface area contributed by atoms with E-state index >= 15 is 0 Å². The van der Waals surface area contributed by atoms with Crippen LogP contribution in [-0.2, 0) is 0 Å². The van der Waals surface area contributed by atoms with Crippen molar-refractivity contribution in [3.05, 3.63) is 320 Å². The first-order valence-electron chi connectivity index (χ1n) is 29.7. The standard InChI is InChI=1S/C43H26N4O2.C38H23NO2/c48-42-36-17-9-16-34-35(24-25-37(38(34)36)43(49)47(42)33-23-22-28-12-7-8-15-32(28)26-33)41-45-39(30-13-5-2-6-14-30)44-40(46-41)31-20-18-29(19-21-31)27-10-3-1-4-11-27;40-37-34-16-8-15-33-32(31-20-19-28(25-10-2-1-3-11-25)29-13-6-7-14-30(29)31)21-22-35(36(33)34)38(41)39(37)27-18-17-24-9-4-5-12-26(24)23-27/h1-26H;1-23H. The number of carbonyl (C=O) groups is 4. The number of benzene rings is 14. The molecule has 14 aromatic carbocycles. The normalized spacial score (nSPS) is 12.7. The van der Waals surface area contributed by atoms with Gasteiger partial charge >= 0.3 is 0 Å². The Balaban J connectivity index is 0.000000146. The van der Waals surface area contributed by atoms with Gasteiger partial charge in [-0.15, -0.1) is 0 Å². The van der Waals surface area contributed by atoms with Crippen molar-refractivity contribution in [1.29, 1.82) is 0 Å². The third-order valence-corrected chi connectivity index (χ3v) is 17.3. The first-order chi connectivity index (χ1) is 44.3. The van der Waals surface area contributed by atoms with Gasteiger partial charge in [0.1, 0.15) is 0 Å². The number of carbonyl (C=O) groups excluding carboxylic acids is 4. The second kappa shape index (κ2) is 21.9. The summed E-state index contributed by atoms with van der Waals surface area (Å²) in [6, 6.07) is 97.4. The van der Waals surface area contributed by atoms with Crippen LogP contribution in [0.1, 0.15) is 41.4 Å². The van der Waals surface area contributed by atoms with Crippen molar-refractivity contribution < 1.29 is 19.2 Å². The van der Waals surface area contributed by atoms with Gasteiger partial charge in [0.05, 0.1) is 11.4 Å². The molecule has 2 aliphatic heterocycles. The molecule has 3 heterocycles. The fourth-order valence-corrected chi connectivity index (χ4v) is 12.9. The molecule has 1 aromatic heterocycles. The molecule has 0 N–H and O–H groups in total. The van der Waals surface area contributed by atoms with Crippen LogP contribution in [0.2, 0.25) is 0 Å². The number of amides is 4. The van der Waals surface area contributed by atoms with Gasteiger partial charge in [-0.2, -0.15) is 0 Å². The number of hydrogen-bond acceptors (Lipinski definition) is 7. The van der Waals surface area contributed by atoms with Crippen LogP contribution >= 0.6 is 0 Å². The Morgan fingerprint density at radius 1 is 0.211 bits per heavy atom. The summed E-state index contributed by atoms with van der Waals surface area (Å²) in [5, 5.41) is 9.26. The molecule has 0 fully saturated rings. The number of aromatic nitrogens is 3. The molecule has 0 bridgehead atoms. The minimum atomic E-state index is -0.365. The molecule has 9 heteroatoms. The van der Waals surface area contributed by atoms with Crippen molar-refractivity contribution in [2.45, 2.75) is 0 Å². The highest BCUT2D eigenvalue weighted by molar-refractivity contribution is 6.38. The summed E-state index contributed by atoms with van der Waals surface area (Å²) in [6.45, 7) is 0. The van der Waals surface area contributed by atoms with Gasteiger partial charge in [0.15, 0.2) is 17.5 Å². The minimum Gasteiger partial charge on any atom is -0.268 e. The molecule has 0 unspecified atom stereocenters. The number of hydrogen-bond donors (Lipinski definition) is 0. The van der Waals surface area contributed by atoms with Gasteiger partial charge in [0.25, 0.3) is 23.6 Å². The van der Waals surface area contributed by atoms with Gasteiger partial charge in [-0.25, -0.2) is 24.8 Å². The molecule has 9 nitrogen and oxygen atoms in total. The molecule has 0 spiro atoms. The van der Waals surface area contributed by atoms with Crippen LogP contribution in [-0.4, -0.2) is 38.6 Å². The van der Waals surface area contributed by atoms with Crippen molar-refractivity contribution in [3.63, 3.8) is 0 Å². The van der Waals surface area contributed by atoms with E-state index in [0.717, 1.165) is 82.0 Å². The van der Waals surface area contributed by atoms with E-state index in [1.165, 1.54) is 15.4 Å². The lowest BCUT2D eigenvalue weighted by Gasteiger charge is -2.28. The topological polar surface area (TPSA) is 113 Å². The lowest BCUT2D eigenvalue weighted by Crippen LogP contribution is -2.40. The molecule has 90 heavy (non-hydrogen) atoms. The number of imide groups is 2. The number of anilines is 2. The lowest BCUT2D eigenvalue weighted by atomic mass is 9.86. The first kappa shape index (κ1) is 53.2. The zero-order chi connectivity index (χ0) is 60.4. The van der Waals surface area contributed by atoms with Crippen LogP contribution in [0.15, 0.2) is 297 Å². The van der Waals surface area contributed by atoms with Gasteiger partial charge in [-0.05, 0) is 131 Å². The van der Waals surface area contributed by atoms with E-state index in [4.69, 9.17) is 15.0 Å². The van der Waals surface area contributed by atoms with Crippen LogP contribution in [0.3, 0.4) is 0 Å². The number of fused-ring (bicyclic) bond motifs is 3. The fourth-order valence-electron chi connectivity index (χ4n) is 12.9. The quantitative estimate of drug-likeness (QED) is 0.139. The maximum Gasteiger partial charge on any atom is 0.265 e. The van der Waals surface area contributed by atoms with Crippen molar-refractivity contribution >= 4 is 88.9 Å². The monoisotopic (exact) mass is 1160 g/mol. The van der Waals surface area contributed by atoms with Crippen LogP contribution in [0.5, 0.6) is 0 Å². The summed E-state index contributed by atoms with van der Waals surface area (Å²) in [5.41, 5.74) is 12.1. The Morgan fingerprint density at radius 3 is 1.07 bits per heavy atom. The smallest absolute Gasteiger partial charge is 0.265 e. The van der Waals surface area contributed by atoms with Crippen molar-refractivity contribution in [2.75, 3.05) is 9.80 Å². The number of nitrogens with zero attached hydrogens (tertiary/aromatic N) is 5. The average molecular weight is 1160 g/mol. The Kier molecular flexibility index (Phi) is 12.9. The van der Waals surface area contributed by atoms with E-state index in [-0.39, 0.29) is 23.6 Å². The Labute approximate surface area is 517 Å². The van der Waals surface area contributed by atoms with E-state index in [0.29, 0.717) is 67.4 Å². The third kappa shape index (κ3) is 9.07. The molecule has 422 valence electrons. The Hall–Kier alpha value is -12.3. The van der Waals surface area contributed by atoms with E-state index in [2.05, 4.69) is 84.9 Å². The summed E-state index contributed by atoms with van der Waals surface area (Å²) < 4.78 is 0. The predicted molar refractivity (Wildman–Crippen MR) is 362 cm³/mol. The van der Waals surface area contributed by atoms with Crippen molar-refractivity contribution in [3.8, 4) is 67.5 Å². The molecule has 0 saturated carbocycles. The van der Waals surface area contributed by atoms with Crippen LogP contribution < -0.4 is 9.80 Å². The van der Waals surface area contributed by atoms with E-state index in [1.54, 1.807) is 12.1 Å². The molecule has 0 aliphatic carbocycles. The summed E-state index contributed by atoms with van der Waals surface area (Å²) in [5.74, 6) is 0.179. The Bertz CT molecular complexity index is 5420. The zero-order valence-electron chi connectivity index (χ0n) is 48.2. The highest BCUT2D eigenvalue weighted by Crippen LogP contribution is 2.44. The molecular weight excluding hydrogens is 1110 g/mol. The lowest BCUT2D eigenvalue weighted by molar-refractivity contribution is 0.0877. The third-order valence-electron chi connectivity index (χ3n) is 17.3. The van der Waals surface area contributed by atoms with Gasteiger partial charge in [0.2, 0.25) is 0 Å². The van der Waals surface area contributed by atoms with Gasteiger partial charge in [0, 0.05) is 49.7 Å². The second-order valence-corrected chi connectivity index (χ2v) is 22.4. The van der Waals surface area contributed by atoms with Crippen LogP contribution in [0, 0.1) is 0 Å². The minimum absolute atomic E-state index is 0.301. The van der Waals surface area contributed by atoms with E-state index in [9.17, 15) is 19.2 Å². The van der Waals surface area contributed by atoms with Crippen molar-refractivity contribution in [2.24, 2.45) is 0 Å². The molecule has 0 radical (unpaired) electrons. The highest BCUT2D eigenvalue weighted by Gasteiger charge is 2.37. The summed E-state index contributed by atoms with van der Waals surface area (Å²) >= 11 is 0. The molecule has 17 rings (SSSR count). The fraction of sp³-hybridized carbons (Fsp3) is 0. The Morgan fingerprint density at radius 2 is 0.544 bits per heavy atom. The van der Waals surface area contributed by atoms with Gasteiger partial charge in [-0.1, -0.05) is 243 Å². The summed E-state index contributed by atoms with van der Waals surface area (Å²) in [4.78, 5) is 73.4. The predicted octanol–water partition coefficient (Wildman–Crippen LogP) is 18.9. The average Bonchev–Trinajstić information content (AvgIpc) is 0.747. The maximum atomic E-state index is 14.1. The SMILES string of the molecule is O=C1c2cccc3c(-c4ccc(-c5ccccc5)c5ccccc45)ccc(c23)C(=O)N1c1ccc2ccccc2c1.O=C1c2cccc3c(-c4nc(-c5ccccc5)nc(-c5ccc(-c6ccccc6)cc5)n4)ccc(c23)C(=O)N1c1ccc2ccccc2c1. The molecule has 4 amide bonds. The maximum absolute atomic E-state index is 14.1. The van der Waals surface area contributed by atoms with Gasteiger partial charge in [-0.3, -0.25) is 19.2 Å². The molecule has 15 aromatic rings. The van der Waals surface area contributed by atoms with Crippen molar-refractivity contribution in [1.82, 2.24) is 15.0 Å².